The third kappa shape index (κ3) is 3.14. The molecule has 0 unspecified atom stereocenters. The van der Waals surface area contributed by atoms with Gasteiger partial charge in [-0.1, -0.05) is 29.8 Å². The fourth-order valence-corrected chi connectivity index (χ4v) is 3.79. The normalized spacial score (nSPS) is 11.6. The molecule has 1 aromatic carbocycles. The number of anilines is 1. The number of sulfonamides is 1. The minimum Gasteiger partial charge on any atom is -0.346 e. The van der Waals surface area contributed by atoms with Crippen molar-refractivity contribution < 1.29 is 8.42 Å². The minimum atomic E-state index is -3.78. The Kier molecular flexibility index (Phi) is 4.10. The van der Waals surface area contributed by atoms with Crippen LogP contribution in [0, 0.1) is 0 Å². The highest BCUT2D eigenvalue weighted by atomic mass is 35.5. The number of hydrogen-bond donors (Lipinski definition) is 2. The molecule has 0 saturated heterocycles. The zero-order valence-electron chi connectivity index (χ0n) is 13.3. The van der Waals surface area contributed by atoms with Crippen LogP contribution in [-0.2, 0) is 10.0 Å². The van der Waals surface area contributed by atoms with Gasteiger partial charge < -0.3 is 4.98 Å². The van der Waals surface area contributed by atoms with E-state index in [4.69, 9.17) is 11.6 Å². The second kappa shape index (κ2) is 6.44. The molecule has 0 aliphatic carbocycles. The predicted octanol–water partition coefficient (Wildman–Crippen LogP) is 4.08. The first kappa shape index (κ1) is 16.6. The summed E-state index contributed by atoms with van der Waals surface area (Å²) in [5.41, 5.74) is 2.09. The molecule has 0 aliphatic rings. The van der Waals surface area contributed by atoms with E-state index in [1.807, 2.05) is 12.1 Å². The number of aromatic nitrogens is 3. The van der Waals surface area contributed by atoms with E-state index in [9.17, 15) is 8.42 Å². The summed E-state index contributed by atoms with van der Waals surface area (Å²) in [4.78, 5) is 11.9. The molecule has 0 fully saturated rings. The van der Waals surface area contributed by atoms with Crippen molar-refractivity contribution in [2.24, 2.45) is 0 Å². The Hall–Kier alpha value is -2.90. The largest absolute Gasteiger partial charge is 0.346 e. The lowest BCUT2D eigenvalue weighted by atomic mass is 10.1. The maximum atomic E-state index is 12.5. The van der Waals surface area contributed by atoms with Gasteiger partial charge in [-0.3, -0.25) is 4.72 Å². The van der Waals surface area contributed by atoms with Gasteiger partial charge in [-0.25, -0.2) is 18.4 Å². The van der Waals surface area contributed by atoms with Crippen LogP contribution < -0.4 is 4.72 Å². The van der Waals surface area contributed by atoms with Crippen LogP contribution in [0.5, 0.6) is 0 Å². The summed E-state index contributed by atoms with van der Waals surface area (Å²) in [7, 11) is -3.78. The van der Waals surface area contributed by atoms with Crippen LogP contribution in [-0.4, -0.2) is 23.4 Å². The number of nitrogens with zero attached hydrogens (tertiary/aromatic N) is 2. The molecule has 0 aliphatic heterocycles. The molecule has 0 amide bonds. The quantitative estimate of drug-likeness (QED) is 0.555. The van der Waals surface area contributed by atoms with Crippen molar-refractivity contribution in [1.82, 2.24) is 15.0 Å². The molecular formula is C18H13ClN4O2S. The van der Waals surface area contributed by atoms with Crippen LogP contribution in [0.2, 0.25) is 5.02 Å². The topological polar surface area (TPSA) is 87.7 Å². The van der Waals surface area contributed by atoms with E-state index in [0.29, 0.717) is 5.69 Å². The van der Waals surface area contributed by atoms with E-state index in [-0.39, 0.29) is 15.7 Å². The smallest absolute Gasteiger partial charge is 0.263 e. The maximum Gasteiger partial charge on any atom is 0.263 e. The fourth-order valence-electron chi connectivity index (χ4n) is 2.54. The standard InChI is InChI=1S/C18H13ClN4O2S/c19-15-6-7-16(13-10-12-8-9-20-17(12)21-11-13)22-18(15)23-26(24,25)14-4-2-1-3-5-14/h1-11H,(H,20,21)(H,22,23). The van der Waals surface area contributed by atoms with E-state index in [1.54, 1.807) is 42.7 Å². The third-order valence-corrected chi connectivity index (χ3v) is 5.49. The molecule has 130 valence electrons. The van der Waals surface area contributed by atoms with Crippen LogP contribution >= 0.6 is 11.6 Å². The van der Waals surface area contributed by atoms with Gasteiger partial charge >= 0.3 is 0 Å². The van der Waals surface area contributed by atoms with Gasteiger partial charge in [0.15, 0.2) is 5.82 Å². The van der Waals surface area contributed by atoms with Gasteiger partial charge in [0.05, 0.1) is 15.6 Å². The molecule has 2 N–H and O–H groups in total. The summed E-state index contributed by atoms with van der Waals surface area (Å²) in [5, 5.41) is 1.15. The molecule has 0 spiro atoms. The lowest BCUT2D eigenvalue weighted by Crippen LogP contribution is -2.14. The first-order valence-corrected chi connectivity index (χ1v) is 9.57. The molecule has 4 rings (SSSR count). The Balaban J connectivity index is 1.72. The molecule has 26 heavy (non-hydrogen) atoms. The molecule has 0 saturated carbocycles. The molecule has 4 aromatic rings. The lowest BCUT2D eigenvalue weighted by Gasteiger charge is -2.10. The van der Waals surface area contributed by atoms with Crippen molar-refractivity contribution in [3.8, 4) is 11.3 Å². The first-order valence-electron chi connectivity index (χ1n) is 7.71. The molecule has 0 radical (unpaired) electrons. The molecule has 3 aromatic heterocycles. The van der Waals surface area contributed by atoms with Gasteiger partial charge in [0.25, 0.3) is 10.0 Å². The van der Waals surface area contributed by atoms with Gasteiger partial charge in [0.2, 0.25) is 0 Å². The minimum absolute atomic E-state index is 0.0715. The van der Waals surface area contributed by atoms with Crippen molar-refractivity contribution in [1.29, 1.82) is 0 Å². The number of hydrogen-bond acceptors (Lipinski definition) is 4. The number of benzene rings is 1. The van der Waals surface area contributed by atoms with E-state index < -0.39 is 10.0 Å². The number of H-pyrrole nitrogens is 1. The SMILES string of the molecule is O=S(=O)(Nc1nc(-c2cnc3[nH]ccc3c2)ccc1Cl)c1ccccc1. The highest BCUT2D eigenvalue weighted by Crippen LogP contribution is 2.28. The molecular weight excluding hydrogens is 372 g/mol. The second-order valence-corrected chi connectivity index (χ2v) is 7.67. The van der Waals surface area contributed by atoms with E-state index in [1.165, 1.54) is 12.1 Å². The monoisotopic (exact) mass is 384 g/mol. The van der Waals surface area contributed by atoms with E-state index in [0.717, 1.165) is 16.6 Å². The summed E-state index contributed by atoms with van der Waals surface area (Å²) >= 11 is 6.14. The zero-order chi connectivity index (χ0) is 18.1. The molecule has 8 heteroatoms. The maximum absolute atomic E-state index is 12.5. The number of aromatic amines is 1. The average Bonchev–Trinajstić information content (AvgIpc) is 3.12. The van der Waals surface area contributed by atoms with E-state index >= 15 is 0 Å². The first-order chi connectivity index (χ1) is 12.5. The Morgan fingerprint density at radius 1 is 1.04 bits per heavy atom. The van der Waals surface area contributed by atoms with Gasteiger partial charge in [0, 0.05) is 23.3 Å². The van der Waals surface area contributed by atoms with Crippen LogP contribution in [0.1, 0.15) is 0 Å². The third-order valence-electron chi connectivity index (χ3n) is 3.83. The van der Waals surface area contributed by atoms with Gasteiger partial charge in [-0.2, -0.15) is 0 Å². The van der Waals surface area contributed by atoms with Gasteiger partial charge in [0.1, 0.15) is 5.65 Å². The number of halogens is 1. The van der Waals surface area contributed by atoms with Gasteiger partial charge in [-0.15, -0.1) is 0 Å². The molecule has 0 bridgehead atoms. The van der Waals surface area contributed by atoms with Crippen molar-refractivity contribution in [3.05, 3.63) is 72.0 Å². The van der Waals surface area contributed by atoms with Crippen molar-refractivity contribution in [3.63, 3.8) is 0 Å². The highest BCUT2D eigenvalue weighted by Gasteiger charge is 2.17. The van der Waals surface area contributed by atoms with E-state index in [2.05, 4.69) is 19.7 Å². The molecule has 6 nitrogen and oxygen atoms in total. The van der Waals surface area contributed by atoms with Crippen LogP contribution in [0.25, 0.3) is 22.3 Å². The average molecular weight is 385 g/mol. The van der Waals surface area contributed by atoms with Gasteiger partial charge in [-0.05, 0) is 36.4 Å². The summed E-state index contributed by atoms with van der Waals surface area (Å²) in [6.07, 6.45) is 3.47. The van der Waals surface area contributed by atoms with Crippen LogP contribution in [0.4, 0.5) is 5.82 Å². The summed E-state index contributed by atoms with van der Waals surface area (Å²) in [6.45, 7) is 0. The second-order valence-electron chi connectivity index (χ2n) is 5.58. The predicted molar refractivity (Wildman–Crippen MR) is 102 cm³/mol. The summed E-state index contributed by atoms with van der Waals surface area (Å²) < 4.78 is 27.5. The lowest BCUT2D eigenvalue weighted by molar-refractivity contribution is 0.601. The van der Waals surface area contributed by atoms with Crippen molar-refractivity contribution >= 4 is 38.5 Å². The highest BCUT2D eigenvalue weighted by molar-refractivity contribution is 7.92. The van der Waals surface area contributed by atoms with Crippen molar-refractivity contribution in [2.75, 3.05) is 4.72 Å². The number of pyridine rings is 2. The van der Waals surface area contributed by atoms with Crippen molar-refractivity contribution in [2.45, 2.75) is 4.90 Å². The number of rotatable bonds is 4. The summed E-state index contributed by atoms with van der Waals surface area (Å²) in [6, 6.07) is 15.2. The number of nitrogens with one attached hydrogen (secondary N) is 2. The van der Waals surface area contributed by atoms with Crippen LogP contribution in [0.3, 0.4) is 0 Å². The zero-order valence-corrected chi connectivity index (χ0v) is 14.9. The Morgan fingerprint density at radius 2 is 1.85 bits per heavy atom. The number of fused-ring (bicyclic) bond motifs is 1. The Labute approximate surface area is 154 Å². The Morgan fingerprint density at radius 3 is 2.65 bits per heavy atom. The Bertz CT molecular complexity index is 1190. The fraction of sp³-hybridized carbons (Fsp3) is 0. The summed E-state index contributed by atoms with van der Waals surface area (Å²) in [5.74, 6) is 0.0715. The van der Waals surface area contributed by atoms with Crippen LogP contribution in [0.15, 0.2) is 71.9 Å². The molecule has 3 heterocycles. The molecule has 0 atom stereocenters.